The monoisotopic (exact) mass is 195 g/mol. The molecule has 0 amide bonds. The summed E-state index contributed by atoms with van der Waals surface area (Å²) in [6, 6.07) is 0. The number of hydrogen-bond donors (Lipinski definition) is 1. The fourth-order valence-electron chi connectivity index (χ4n) is 2.19. The van der Waals surface area contributed by atoms with Gasteiger partial charge in [0.25, 0.3) is 0 Å². The Morgan fingerprint density at radius 1 is 1.36 bits per heavy atom. The molecule has 0 spiro atoms. The van der Waals surface area contributed by atoms with Crippen molar-refractivity contribution < 1.29 is 0 Å². The fourth-order valence-corrected chi connectivity index (χ4v) is 2.19. The van der Waals surface area contributed by atoms with Crippen molar-refractivity contribution in [2.75, 3.05) is 13.1 Å². The van der Waals surface area contributed by atoms with Gasteiger partial charge in [-0.15, -0.1) is 0 Å². The van der Waals surface area contributed by atoms with Gasteiger partial charge in [-0.2, -0.15) is 0 Å². The zero-order valence-corrected chi connectivity index (χ0v) is 10.2. The molecule has 0 unspecified atom stereocenters. The van der Waals surface area contributed by atoms with Gasteiger partial charge in [-0.25, -0.2) is 0 Å². The summed E-state index contributed by atoms with van der Waals surface area (Å²) >= 11 is 0. The first-order chi connectivity index (χ1) is 6.60. The largest absolute Gasteiger partial charge is 0.316 e. The Balaban J connectivity index is 2.72. The average Bonchev–Trinajstić information content (AvgIpc) is 2.16. The predicted molar refractivity (Wildman–Crippen MR) is 63.4 cm³/mol. The second-order valence-electron chi connectivity index (χ2n) is 5.08. The van der Waals surface area contributed by atoms with Crippen molar-refractivity contribution in [2.24, 2.45) is 11.3 Å². The van der Waals surface area contributed by atoms with Gasteiger partial charge < -0.3 is 5.32 Å². The normalized spacial score (nSPS) is 24.5. The Morgan fingerprint density at radius 3 is 2.50 bits per heavy atom. The minimum atomic E-state index is 0.376. The molecule has 0 saturated carbocycles. The van der Waals surface area contributed by atoms with Gasteiger partial charge in [-0.05, 0) is 37.1 Å². The number of nitrogens with one attached hydrogen (secondary N) is 1. The first-order valence-electron chi connectivity index (χ1n) is 6.02. The Labute approximate surface area is 89.0 Å². The minimum Gasteiger partial charge on any atom is -0.316 e. The maximum atomic E-state index is 3.47. The van der Waals surface area contributed by atoms with E-state index in [4.69, 9.17) is 0 Å². The number of rotatable bonds is 3. The van der Waals surface area contributed by atoms with Crippen LogP contribution in [0.5, 0.6) is 0 Å². The molecule has 1 saturated heterocycles. The second kappa shape index (κ2) is 4.97. The average molecular weight is 195 g/mol. The van der Waals surface area contributed by atoms with Gasteiger partial charge in [0.2, 0.25) is 0 Å². The third kappa shape index (κ3) is 2.84. The van der Waals surface area contributed by atoms with Crippen LogP contribution in [0.25, 0.3) is 0 Å². The highest BCUT2D eigenvalue weighted by atomic mass is 14.9. The molecule has 82 valence electrons. The van der Waals surface area contributed by atoms with Gasteiger partial charge in [0, 0.05) is 6.54 Å². The molecule has 1 rings (SSSR count). The standard InChI is InChI=1S/C13H25N/c1-5-11(6-2)9-12-7-8-14-10-13(12,3)4/h9,11,14H,5-8,10H2,1-4H3/b12-9-. The molecule has 1 fully saturated rings. The fraction of sp³-hybridized carbons (Fsp3) is 0.846. The van der Waals surface area contributed by atoms with E-state index in [-0.39, 0.29) is 0 Å². The van der Waals surface area contributed by atoms with Crippen LogP contribution in [-0.4, -0.2) is 13.1 Å². The molecular weight excluding hydrogens is 170 g/mol. The summed E-state index contributed by atoms with van der Waals surface area (Å²) in [4.78, 5) is 0. The van der Waals surface area contributed by atoms with Crippen molar-refractivity contribution in [3.05, 3.63) is 11.6 Å². The van der Waals surface area contributed by atoms with Crippen LogP contribution in [-0.2, 0) is 0 Å². The molecule has 1 heterocycles. The summed E-state index contributed by atoms with van der Waals surface area (Å²) in [6.07, 6.45) is 6.34. The van der Waals surface area contributed by atoms with E-state index in [0.717, 1.165) is 19.0 Å². The maximum absolute atomic E-state index is 3.47. The van der Waals surface area contributed by atoms with Crippen molar-refractivity contribution in [1.82, 2.24) is 5.32 Å². The van der Waals surface area contributed by atoms with Crippen molar-refractivity contribution in [3.63, 3.8) is 0 Å². The molecule has 1 aliphatic heterocycles. The van der Waals surface area contributed by atoms with Crippen LogP contribution in [0.3, 0.4) is 0 Å². The van der Waals surface area contributed by atoms with Crippen molar-refractivity contribution in [3.8, 4) is 0 Å². The minimum absolute atomic E-state index is 0.376. The number of hydrogen-bond acceptors (Lipinski definition) is 1. The predicted octanol–water partition coefficient (Wildman–Crippen LogP) is 3.37. The molecule has 14 heavy (non-hydrogen) atoms. The maximum Gasteiger partial charge on any atom is 0.00400 e. The first-order valence-corrected chi connectivity index (χ1v) is 6.02. The summed E-state index contributed by atoms with van der Waals surface area (Å²) in [5.41, 5.74) is 2.05. The van der Waals surface area contributed by atoms with Gasteiger partial charge in [0.05, 0.1) is 0 Å². The van der Waals surface area contributed by atoms with Crippen molar-refractivity contribution in [1.29, 1.82) is 0 Å². The molecule has 0 aliphatic carbocycles. The highest BCUT2D eigenvalue weighted by Crippen LogP contribution is 2.32. The van der Waals surface area contributed by atoms with E-state index in [9.17, 15) is 0 Å². The van der Waals surface area contributed by atoms with Crippen LogP contribution in [0.2, 0.25) is 0 Å². The van der Waals surface area contributed by atoms with E-state index < -0.39 is 0 Å². The van der Waals surface area contributed by atoms with Gasteiger partial charge >= 0.3 is 0 Å². The molecular formula is C13H25N. The molecule has 1 heteroatoms. The van der Waals surface area contributed by atoms with Gasteiger partial charge in [0.15, 0.2) is 0 Å². The van der Waals surface area contributed by atoms with Gasteiger partial charge in [-0.3, -0.25) is 0 Å². The molecule has 1 nitrogen and oxygen atoms in total. The summed E-state index contributed by atoms with van der Waals surface area (Å²) < 4.78 is 0. The van der Waals surface area contributed by atoms with Crippen LogP contribution in [0, 0.1) is 11.3 Å². The lowest BCUT2D eigenvalue weighted by Gasteiger charge is -2.34. The quantitative estimate of drug-likeness (QED) is 0.681. The van der Waals surface area contributed by atoms with Gasteiger partial charge in [0.1, 0.15) is 0 Å². The molecule has 0 aromatic carbocycles. The summed E-state index contributed by atoms with van der Waals surface area (Å²) in [5, 5.41) is 3.47. The first kappa shape index (κ1) is 11.8. The van der Waals surface area contributed by atoms with Crippen LogP contribution >= 0.6 is 0 Å². The molecule has 0 bridgehead atoms. The van der Waals surface area contributed by atoms with E-state index in [0.29, 0.717) is 5.41 Å². The van der Waals surface area contributed by atoms with E-state index in [2.05, 4.69) is 39.1 Å². The van der Waals surface area contributed by atoms with E-state index in [1.807, 2.05) is 0 Å². The number of allylic oxidation sites excluding steroid dienone is 1. The lowest BCUT2D eigenvalue weighted by molar-refractivity contribution is 0.352. The molecule has 0 aromatic heterocycles. The number of piperidine rings is 1. The summed E-state index contributed by atoms with van der Waals surface area (Å²) in [7, 11) is 0. The smallest absolute Gasteiger partial charge is 0.00400 e. The summed E-state index contributed by atoms with van der Waals surface area (Å²) in [5.74, 6) is 0.794. The molecule has 0 aromatic rings. The van der Waals surface area contributed by atoms with E-state index >= 15 is 0 Å². The van der Waals surface area contributed by atoms with Crippen molar-refractivity contribution >= 4 is 0 Å². The molecule has 1 aliphatic rings. The van der Waals surface area contributed by atoms with E-state index in [1.54, 1.807) is 5.57 Å². The lowest BCUT2D eigenvalue weighted by Crippen LogP contribution is -2.38. The zero-order chi connectivity index (χ0) is 10.6. The van der Waals surface area contributed by atoms with Crippen LogP contribution < -0.4 is 5.32 Å². The van der Waals surface area contributed by atoms with Crippen LogP contribution in [0.4, 0.5) is 0 Å². The van der Waals surface area contributed by atoms with Crippen molar-refractivity contribution in [2.45, 2.75) is 47.0 Å². The Hall–Kier alpha value is -0.300. The van der Waals surface area contributed by atoms with Crippen LogP contribution in [0.1, 0.15) is 47.0 Å². The second-order valence-corrected chi connectivity index (χ2v) is 5.08. The van der Waals surface area contributed by atoms with Gasteiger partial charge in [-0.1, -0.05) is 39.3 Å². The third-order valence-corrected chi connectivity index (χ3v) is 3.49. The highest BCUT2D eigenvalue weighted by Gasteiger charge is 2.26. The Kier molecular flexibility index (Phi) is 4.18. The topological polar surface area (TPSA) is 12.0 Å². The highest BCUT2D eigenvalue weighted by molar-refractivity contribution is 5.16. The lowest BCUT2D eigenvalue weighted by atomic mass is 9.78. The molecule has 0 atom stereocenters. The summed E-state index contributed by atoms with van der Waals surface area (Å²) in [6.45, 7) is 11.6. The third-order valence-electron chi connectivity index (χ3n) is 3.49. The molecule has 1 N–H and O–H groups in total. The Bertz CT molecular complexity index is 199. The van der Waals surface area contributed by atoms with E-state index in [1.165, 1.54) is 19.3 Å². The SMILES string of the molecule is CCC(/C=C1/CCNCC1(C)C)CC. The molecule has 0 radical (unpaired) electrons. The van der Waals surface area contributed by atoms with Crippen LogP contribution in [0.15, 0.2) is 11.6 Å². The Morgan fingerprint density at radius 2 is 2.00 bits per heavy atom. The zero-order valence-electron chi connectivity index (χ0n) is 10.2.